The molecule has 0 radical (unpaired) electrons. The lowest BCUT2D eigenvalue weighted by atomic mass is 10.0. The fraction of sp³-hybridized carbons (Fsp3) is 0.300. The molecule has 0 atom stereocenters. The van der Waals surface area contributed by atoms with E-state index in [2.05, 4.69) is 4.74 Å². The molecule has 0 aliphatic carbocycles. The van der Waals surface area contributed by atoms with E-state index in [0.717, 1.165) is 7.11 Å². The van der Waals surface area contributed by atoms with Crippen molar-refractivity contribution in [2.75, 3.05) is 7.11 Å². The Labute approximate surface area is 97.2 Å². The van der Waals surface area contributed by atoms with E-state index < -0.39 is 35.3 Å². The molecule has 0 N–H and O–H groups in total. The molecule has 0 aliphatic rings. The van der Waals surface area contributed by atoms with Crippen LogP contribution in [0.25, 0.3) is 0 Å². The SMILES string of the molecule is COc1cc(F)c(C(=O)C(F)(F)C(F)F)c(F)c1. The Morgan fingerprint density at radius 2 is 1.67 bits per heavy atom. The maximum Gasteiger partial charge on any atom is 0.369 e. The van der Waals surface area contributed by atoms with Crippen LogP contribution in [0, 0.1) is 11.6 Å². The number of carbonyl (C=O) groups is 1. The highest BCUT2D eigenvalue weighted by molar-refractivity contribution is 6.02. The summed E-state index contributed by atoms with van der Waals surface area (Å²) in [4.78, 5) is 11.0. The Hall–Kier alpha value is -1.73. The molecule has 0 amide bonds. The van der Waals surface area contributed by atoms with Gasteiger partial charge in [-0.05, 0) is 0 Å². The number of methoxy groups -OCH3 is 1. The van der Waals surface area contributed by atoms with Crippen LogP contribution in [0.4, 0.5) is 26.3 Å². The molecule has 0 aromatic heterocycles. The highest BCUT2D eigenvalue weighted by Crippen LogP contribution is 2.31. The Kier molecular flexibility index (Phi) is 3.88. The van der Waals surface area contributed by atoms with Crippen LogP contribution in [0.15, 0.2) is 12.1 Å². The Morgan fingerprint density at radius 1 is 1.22 bits per heavy atom. The average molecular weight is 272 g/mol. The number of alkyl halides is 4. The van der Waals surface area contributed by atoms with Crippen molar-refractivity contribution in [2.45, 2.75) is 12.3 Å². The molecule has 0 bridgehead atoms. The van der Waals surface area contributed by atoms with Gasteiger partial charge in [-0.25, -0.2) is 17.6 Å². The zero-order valence-electron chi connectivity index (χ0n) is 8.82. The highest BCUT2D eigenvalue weighted by atomic mass is 19.3. The van der Waals surface area contributed by atoms with E-state index >= 15 is 0 Å². The molecule has 2 nitrogen and oxygen atoms in total. The lowest BCUT2D eigenvalue weighted by Gasteiger charge is -2.15. The summed E-state index contributed by atoms with van der Waals surface area (Å²) in [6.45, 7) is 0. The van der Waals surface area contributed by atoms with Gasteiger partial charge in [-0.15, -0.1) is 0 Å². The molecule has 0 spiro atoms. The molecule has 1 aromatic rings. The molecule has 0 unspecified atom stereocenters. The van der Waals surface area contributed by atoms with Gasteiger partial charge in [0.1, 0.15) is 17.4 Å². The number of ketones is 1. The third-order valence-electron chi connectivity index (χ3n) is 2.06. The first kappa shape index (κ1) is 14.3. The van der Waals surface area contributed by atoms with Crippen molar-refractivity contribution in [3.05, 3.63) is 29.3 Å². The number of hydrogen-bond acceptors (Lipinski definition) is 2. The fourth-order valence-electron chi connectivity index (χ4n) is 1.15. The minimum absolute atomic E-state index is 0.373. The van der Waals surface area contributed by atoms with Crippen LogP contribution in [0.1, 0.15) is 10.4 Å². The van der Waals surface area contributed by atoms with Crippen molar-refractivity contribution in [3.63, 3.8) is 0 Å². The van der Waals surface area contributed by atoms with Gasteiger partial charge in [-0.1, -0.05) is 0 Å². The van der Waals surface area contributed by atoms with Gasteiger partial charge in [0.15, 0.2) is 0 Å². The van der Waals surface area contributed by atoms with E-state index in [4.69, 9.17) is 0 Å². The first-order valence-electron chi connectivity index (χ1n) is 4.45. The van der Waals surface area contributed by atoms with E-state index in [1.165, 1.54) is 0 Å². The van der Waals surface area contributed by atoms with Crippen LogP contribution in [0.3, 0.4) is 0 Å². The van der Waals surface area contributed by atoms with Crippen LogP contribution in [0.2, 0.25) is 0 Å². The van der Waals surface area contributed by atoms with Gasteiger partial charge >= 0.3 is 12.3 Å². The van der Waals surface area contributed by atoms with Crippen LogP contribution in [0.5, 0.6) is 5.75 Å². The quantitative estimate of drug-likeness (QED) is 0.622. The lowest BCUT2D eigenvalue weighted by Crippen LogP contribution is -2.37. The minimum Gasteiger partial charge on any atom is -0.497 e. The Balaban J connectivity index is 3.31. The van der Waals surface area contributed by atoms with E-state index in [-0.39, 0.29) is 5.75 Å². The van der Waals surface area contributed by atoms with Gasteiger partial charge in [0.05, 0.1) is 12.7 Å². The summed E-state index contributed by atoms with van der Waals surface area (Å²) in [6, 6.07) is 0.885. The maximum absolute atomic E-state index is 13.2. The third-order valence-corrected chi connectivity index (χ3v) is 2.06. The summed E-state index contributed by atoms with van der Waals surface area (Å²) >= 11 is 0. The number of rotatable bonds is 4. The number of hydrogen-bond donors (Lipinski definition) is 0. The van der Waals surface area contributed by atoms with Crippen molar-refractivity contribution in [2.24, 2.45) is 0 Å². The van der Waals surface area contributed by atoms with E-state index in [1.54, 1.807) is 0 Å². The molecule has 1 rings (SSSR count). The third kappa shape index (κ3) is 2.41. The number of ether oxygens (including phenoxy) is 1. The fourth-order valence-corrected chi connectivity index (χ4v) is 1.15. The number of carbonyl (C=O) groups excluding carboxylic acids is 1. The topological polar surface area (TPSA) is 26.3 Å². The van der Waals surface area contributed by atoms with Gasteiger partial charge in [0, 0.05) is 12.1 Å². The molecule has 0 aliphatic heterocycles. The second-order valence-electron chi connectivity index (χ2n) is 3.22. The van der Waals surface area contributed by atoms with Crippen molar-refractivity contribution < 1.29 is 35.9 Å². The van der Waals surface area contributed by atoms with Crippen LogP contribution < -0.4 is 4.74 Å². The summed E-state index contributed by atoms with van der Waals surface area (Å²) in [5.74, 6) is -11.5. The minimum atomic E-state index is -5.16. The summed E-state index contributed by atoms with van der Waals surface area (Å²) in [6.07, 6.45) is -4.36. The van der Waals surface area contributed by atoms with Crippen molar-refractivity contribution in [1.82, 2.24) is 0 Å². The number of halogens is 6. The highest BCUT2D eigenvalue weighted by Gasteiger charge is 2.50. The van der Waals surface area contributed by atoms with E-state index in [0.29, 0.717) is 12.1 Å². The molecule has 8 heteroatoms. The molecule has 0 saturated heterocycles. The van der Waals surface area contributed by atoms with Gasteiger partial charge < -0.3 is 4.74 Å². The molecular formula is C10H6F6O2. The zero-order chi connectivity index (χ0) is 14.1. The molecule has 0 fully saturated rings. The van der Waals surface area contributed by atoms with Crippen molar-refractivity contribution in [1.29, 1.82) is 0 Å². The summed E-state index contributed by atoms with van der Waals surface area (Å²) in [5.41, 5.74) is -1.72. The Morgan fingerprint density at radius 3 is 2.00 bits per heavy atom. The predicted octanol–water partition coefficient (Wildman–Crippen LogP) is 3.06. The smallest absolute Gasteiger partial charge is 0.369 e. The Bertz CT molecular complexity index is 448. The molecule has 18 heavy (non-hydrogen) atoms. The molecular weight excluding hydrogens is 266 g/mol. The normalized spacial score (nSPS) is 11.8. The predicted molar refractivity (Wildman–Crippen MR) is 48.2 cm³/mol. The van der Waals surface area contributed by atoms with Gasteiger partial charge in [-0.3, -0.25) is 4.79 Å². The van der Waals surface area contributed by atoms with Crippen molar-refractivity contribution >= 4 is 5.78 Å². The number of benzene rings is 1. The first-order chi connectivity index (χ1) is 8.21. The second-order valence-corrected chi connectivity index (χ2v) is 3.22. The van der Waals surface area contributed by atoms with Gasteiger partial charge in [0.2, 0.25) is 5.78 Å². The van der Waals surface area contributed by atoms with Gasteiger partial charge in [0.25, 0.3) is 0 Å². The van der Waals surface area contributed by atoms with Crippen molar-refractivity contribution in [3.8, 4) is 5.75 Å². The summed E-state index contributed by atoms with van der Waals surface area (Å²) < 4.78 is 80.1. The second kappa shape index (κ2) is 4.87. The van der Waals surface area contributed by atoms with Crippen LogP contribution >= 0.6 is 0 Å². The van der Waals surface area contributed by atoms with Crippen LogP contribution in [-0.2, 0) is 0 Å². The van der Waals surface area contributed by atoms with Gasteiger partial charge in [-0.2, -0.15) is 8.78 Å². The number of Topliss-reactive ketones (excluding diaryl/α,β-unsaturated/α-hetero) is 1. The summed E-state index contributed by atoms with van der Waals surface area (Å²) in [7, 11) is 1.05. The largest absolute Gasteiger partial charge is 0.497 e. The van der Waals surface area contributed by atoms with E-state index in [9.17, 15) is 31.1 Å². The molecule has 1 aromatic carbocycles. The lowest BCUT2D eigenvalue weighted by molar-refractivity contribution is -0.0961. The monoisotopic (exact) mass is 272 g/mol. The first-order valence-corrected chi connectivity index (χ1v) is 4.45. The molecule has 100 valence electrons. The maximum atomic E-state index is 13.2. The van der Waals surface area contributed by atoms with Crippen LogP contribution in [-0.4, -0.2) is 25.2 Å². The molecule has 0 heterocycles. The average Bonchev–Trinajstić information content (AvgIpc) is 2.27. The van der Waals surface area contributed by atoms with E-state index in [1.807, 2.05) is 0 Å². The molecule has 0 saturated carbocycles. The zero-order valence-corrected chi connectivity index (χ0v) is 8.82. The standard InChI is InChI=1S/C10H6F6O2/c1-18-4-2-5(11)7(6(12)3-4)8(17)10(15,16)9(13)14/h2-3,9H,1H3. The summed E-state index contributed by atoms with van der Waals surface area (Å²) in [5, 5.41) is 0.